The van der Waals surface area contributed by atoms with E-state index in [0.717, 1.165) is 26.8 Å². The molecule has 0 saturated heterocycles. The molecule has 5 nitrogen and oxygen atoms in total. The summed E-state index contributed by atoms with van der Waals surface area (Å²) >= 11 is 1.55. The molecular weight excluding hydrogens is 270 g/mol. The van der Waals surface area contributed by atoms with Crippen molar-refractivity contribution in [2.75, 3.05) is 5.73 Å². The van der Waals surface area contributed by atoms with Crippen LogP contribution in [0.1, 0.15) is 0 Å². The van der Waals surface area contributed by atoms with Gasteiger partial charge >= 0.3 is 0 Å². The Bertz CT molecular complexity index is 931. The van der Waals surface area contributed by atoms with Crippen molar-refractivity contribution < 1.29 is 0 Å². The minimum Gasteiger partial charge on any atom is -0.383 e. The molecule has 0 saturated carbocycles. The zero-order valence-electron chi connectivity index (χ0n) is 10.3. The van der Waals surface area contributed by atoms with Crippen molar-refractivity contribution in [3.63, 3.8) is 0 Å². The smallest absolute Gasteiger partial charge is 0.163 e. The highest BCUT2D eigenvalue weighted by Gasteiger charge is 2.09. The normalized spacial score (nSPS) is 11.2. The summed E-state index contributed by atoms with van der Waals surface area (Å²) in [7, 11) is 0. The quantitative estimate of drug-likeness (QED) is 0.579. The van der Waals surface area contributed by atoms with Crippen LogP contribution in [0.2, 0.25) is 0 Å². The first kappa shape index (κ1) is 11.2. The molecule has 0 bridgehead atoms. The minimum atomic E-state index is 0.505. The van der Waals surface area contributed by atoms with Gasteiger partial charge in [0, 0.05) is 18.0 Å². The van der Waals surface area contributed by atoms with Crippen LogP contribution in [0.3, 0.4) is 0 Å². The zero-order chi connectivity index (χ0) is 13.5. The first-order chi connectivity index (χ1) is 9.81. The van der Waals surface area contributed by atoms with Gasteiger partial charge in [-0.3, -0.25) is 9.97 Å². The average Bonchev–Trinajstić information content (AvgIpc) is 2.96. The topological polar surface area (TPSA) is 77.6 Å². The van der Waals surface area contributed by atoms with Gasteiger partial charge in [-0.05, 0) is 29.6 Å². The van der Waals surface area contributed by atoms with Crippen molar-refractivity contribution in [1.82, 2.24) is 19.9 Å². The Balaban J connectivity index is 1.95. The molecule has 3 heterocycles. The minimum absolute atomic E-state index is 0.505. The number of nitrogens with two attached hydrogens (primary N) is 1. The molecule has 0 unspecified atom stereocenters. The van der Waals surface area contributed by atoms with Crippen LogP contribution in [-0.4, -0.2) is 19.9 Å². The van der Waals surface area contributed by atoms with Gasteiger partial charge in [0.15, 0.2) is 5.82 Å². The van der Waals surface area contributed by atoms with E-state index in [1.54, 1.807) is 23.7 Å². The van der Waals surface area contributed by atoms with E-state index in [1.807, 2.05) is 29.6 Å². The predicted octanol–water partition coefficient (Wildman–Crippen LogP) is 2.88. The maximum Gasteiger partial charge on any atom is 0.163 e. The van der Waals surface area contributed by atoms with Crippen LogP contribution in [0.4, 0.5) is 5.82 Å². The fourth-order valence-electron chi connectivity index (χ4n) is 2.11. The van der Waals surface area contributed by atoms with Gasteiger partial charge in [0.05, 0.1) is 16.4 Å². The van der Waals surface area contributed by atoms with Gasteiger partial charge in [-0.2, -0.15) is 0 Å². The summed E-state index contributed by atoms with van der Waals surface area (Å²) in [5.74, 6) is 1.12. The van der Waals surface area contributed by atoms with Crippen LogP contribution in [0, 0.1) is 0 Å². The second-order valence-corrected chi connectivity index (χ2v) is 5.23. The number of anilines is 1. The highest BCUT2D eigenvalue weighted by molar-refractivity contribution is 7.16. The van der Waals surface area contributed by atoms with E-state index in [2.05, 4.69) is 19.9 Å². The van der Waals surface area contributed by atoms with Gasteiger partial charge < -0.3 is 5.73 Å². The van der Waals surface area contributed by atoms with Crippen molar-refractivity contribution in [2.24, 2.45) is 0 Å². The van der Waals surface area contributed by atoms with Crippen molar-refractivity contribution in [1.29, 1.82) is 0 Å². The van der Waals surface area contributed by atoms with E-state index in [-0.39, 0.29) is 0 Å². The standard InChI is InChI=1S/C14H9N5S/c15-12-9-3-6-20-14(9)19-13(18-12)8-1-2-10-11(7-8)17-5-4-16-10/h1-7H,(H2,15,18,19). The van der Waals surface area contributed by atoms with Crippen molar-refractivity contribution in [3.05, 3.63) is 42.0 Å². The van der Waals surface area contributed by atoms with E-state index >= 15 is 0 Å². The lowest BCUT2D eigenvalue weighted by atomic mass is 10.2. The second kappa shape index (κ2) is 4.21. The molecule has 4 rings (SSSR count). The molecular formula is C14H9N5S. The first-order valence-corrected chi connectivity index (χ1v) is 6.91. The van der Waals surface area contributed by atoms with Crippen LogP contribution in [0.15, 0.2) is 42.0 Å². The Hall–Kier alpha value is -2.60. The van der Waals surface area contributed by atoms with Crippen LogP contribution in [-0.2, 0) is 0 Å². The highest BCUT2D eigenvalue weighted by atomic mass is 32.1. The van der Waals surface area contributed by atoms with Crippen molar-refractivity contribution in [2.45, 2.75) is 0 Å². The highest BCUT2D eigenvalue weighted by Crippen LogP contribution is 2.27. The molecule has 1 aromatic carbocycles. The van der Waals surface area contributed by atoms with Crippen LogP contribution >= 0.6 is 11.3 Å². The predicted molar refractivity (Wildman–Crippen MR) is 80.4 cm³/mol. The number of rotatable bonds is 1. The number of fused-ring (bicyclic) bond motifs is 2. The third-order valence-corrected chi connectivity index (χ3v) is 3.89. The zero-order valence-corrected chi connectivity index (χ0v) is 11.1. The number of hydrogen-bond acceptors (Lipinski definition) is 6. The van der Waals surface area contributed by atoms with Gasteiger partial charge in [-0.25, -0.2) is 9.97 Å². The summed E-state index contributed by atoms with van der Waals surface area (Å²) in [4.78, 5) is 18.4. The van der Waals surface area contributed by atoms with E-state index in [0.29, 0.717) is 11.6 Å². The third kappa shape index (κ3) is 1.70. The van der Waals surface area contributed by atoms with Gasteiger partial charge in [-0.1, -0.05) is 0 Å². The van der Waals surface area contributed by atoms with Crippen LogP contribution < -0.4 is 5.73 Å². The maximum atomic E-state index is 5.98. The Kier molecular flexibility index (Phi) is 2.37. The number of aromatic nitrogens is 4. The molecule has 0 spiro atoms. The van der Waals surface area contributed by atoms with E-state index in [1.165, 1.54) is 0 Å². The summed E-state index contributed by atoms with van der Waals surface area (Å²) in [5.41, 5.74) is 8.53. The lowest BCUT2D eigenvalue weighted by molar-refractivity contribution is 1.24. The number of nitrogen functional groups attached to an aromatic ring is 1. The van der Waals surface area contributed by atoms with Gasteiger partial charge in [0.1, 0.15) is 10.6 Å². The molecule has 0 radical (unpaired) electrons. The van der Waals surface area contributed by atoms with E-state index < -0.39 is 0 Å². The Morgan fingerprint density at radius 2 is 1.80 bits per heavy atom. The lowest BCUT2D eigenvalue weighted by Crippen LogP contribution is -1.96. The number of hydrogen-bond donors (Lipinski definition) is 1. The Morgan fingerprint density at radius 1 is 0.950 bits per heavy atom. The largest absolute Gasteiger partial charge is 0.383 e. The van der Waals surface area contributed by atoms with Gasteiger partial charge in [0.25, 0.3) is 0 Å². The number of thiophene rings is 1. The molecule has 0 aliphatic heterocycles. The maximum absolute atomic E-state index is 5.98. The molecule has 0 aliphatic carbocycles. The molecule has 2 N–H and O–H groups in total. The van der Waals surface area contributed by atoms with Crippen LogP contribution in [0.25, 0.3) is 32.6 Å². The SMILES string of the molecule is Nc1nc(-c2ccc3nccnc3c2)nc2sccc12. The molecule has 0 aliphatic rings. The molecule has 3 aromatic heterocycles. The first-order valence-electron chi connectivity index (χ1n) is 6.03. The molecule has 0 amide bonds. The number of benzene rings is 1. The third-order valence-electron chi connectivity index (χ3n) is 3.08. The summed E-state index contributed by atoms with van der Waals surface area (Å²) in [6.45, 7) is 0. The summed E-state index contributed by atoms with van der Waals surface area (Å²) in [6.07, 6.45) is 3.35. The molecule has 0 fully saturated rings. The summed E-state index contributed by atoms with van der Waals surface area (Å²) in [5, 5.41) is 2.87. The summed E-state index contributed by atoms with van der Waals surface area (Å²) in [6, 6.07) is 7.71. The van der Waals surface area contributed by atoms with Gasteiger partial charge in [0.2, 0.25) is 0 Å². The fourth-order valence-corrected chi connectivity index (χ4v) is 2.88. The molecule has 0 atom stereocenters. The second-order valence-electron chi connectivity index (χ2n) is 4.33. The average molecular weight is 279 g/mol. The van der Waals surface area contributed by atoms with E-state index in [9.17, 15) is 0 Å². The van der Waals surface area contributed by atoms with E-state index in [4.69, 9.17) is 5.73 Å². The van der Waals surface area contributed by atoms with Crippen molar-refractivity contribution >= 4 is 38.4 Å². The molecule has 6 heteroatoms. The van der Waals surface area contributed by atoms with Crippen molar-refractivity contribution in [3.8, 4) is 11.4 Å². The van der Waals surface area contributed by atoms with Gasteiger partial charge in [-0.15, -0.1) is 11.3 Å². The Labute approximate surface area is 118 Å². The number of nitrogens with zero attached hydrogens (tertiary/aromatic N) is 4. The lowest BCUT2D eigenvalue weighted by Gasteiger charge is -2.03. The fraction of sp³-hybridized carbons (Fsp3) is 0. The molecule has 96 valence electrons. The monoisotopic (exact) mass is 279 g/mol. The molecule has 4 aromatic rings. The Morgan fingerprint density at radius 3 is 2.70 bits per heavy atom. The summed E-state index contributed by atoms with van der Waals surface area (Å²) < 4.78 is 0. The molecule has 20 heavy (non-hydrogen) atoms. The van der Waals surface area contributed by atoms with Crippen LogP contribution in [0.5, 0.6) is 0 Å².